The van der Waals surface area contributed by atoms with Gasteiger partial charge >= 0.3 is 0 Å². The molecular formula is C13H16Cl2N2O3. The summed E-state index contributed by atoms with van der Waals surface area (Å²) in [5, 5.41) is 20.6. The fraction of sp³-hybridized carbons (Fsp3) is 0.538. The van der Waals surface area contributed by atoms with Crippen molar-refractivity contribution in [1.82, 2.24) is 0 Å². The third kappa shape index (κ3) is 3.16. The first-order valence-corrected chi connectivity index (χ1v) is 7.31. The van der Waals surface area contributed by atoms with E-state index in [9.17, 15) is 15.2 Å². The molecule has 0 unspecified atom stereocenters. The van der Waals surface area contributed by atoms with Crippen LogP contribution < -0.4 is 4.90 Å². The number of benzene rings is 1. The summed E-state index contributed by atoms with van der Waals surface area (Å²) in [5.74, 6) is 0. The molecule has 5 nitrogen and oxygen atoms in total. The van der Waals surface area contributed by atoms with Gasteiger partial charge in [-0.2, -0.15) is 0 Å². The fourth-order valence-corrected chi connectivity index (χ4v) is 3.43. The highest BCUT2D eigenvalue weighted by Gasteiger charge is 2.27. The van der Waals surface area contributed by atoms with E-state index in [2.05, 4.69) is 0 Å². The first-order valence-electron chi connectivity index (χ1n) is 6.55. The van der Waals surface area contributed by atoms with E-state index in [0.717, 1.165) is 25.7 Å². The Kier molecular flexibility index (Phi) is 5.07. The minimum absolute atomic E-state index is 0.0137. The lowest BCUT2D eigenvalue weighted by atomic mass is 10.1. The summed E-state index contributed by atoms with van der Waals surface area (Å²) < 4.78 is 0. The number of rotatable bonds is 5. The number of anilines is 1. The van der Waals surface area contributed by atoms with Crippen molar-refractivity contribution in [2.24, 2.45) is 0 Å². The van der Waals surface area contributed by atoms with Crippen LogP contribution in [0.25, 0.3) is 0 Å². The molecule has 110 valence electrons. The standard InChI is InChI=1S/C13H16Cl2N2O3/c14-11-7-10(17(19)20)8-12(15)13(11)16(5-6-18)9-3-1-2-4-9/h7-9,18H,1-6H2. The van der Waals surface area contributed by atoms with E-state index in [1.165, 1.54) is 12.1 Å². The second-order valence-corrected chi connectivity index (χ2v) is 5.68. The second kappa shape index (κ2) is 6.61. The van der Waals surface area contributed by atoms with E-state index in [4.69, 9.17) is 23.2 Å². The van der Waals surface area contributed by atoms with Gasteiger partial charge in [-0.15, -0.1) is 0 Å². The molecule has 0 saturated heterocycles. The molecule has 1 aliphatic carbocycles. The van der Waals surface area contributed by atoms with Crippen LogP contribution in [-0.2, 0) is 0 Å². The first-order chi connectivity index (χ1) is 9.54. The number of hydrogen-bond donors (Lipinski definition) is 1. The highest BCUT2D eigenvalue weighted by Crippen LogP contribution is 2.40. The predicted molar refractivity (Wildman–Crippen MR) is 79.8 cm³/mol. The third-order valence-electron chi connectivity index (χ3n) is 3.61. The van der Waals surface area contributed by atoms with Gasteiger partial charge in [-0.1, -0.05) is 36.0 Å². The van der Waals surface area contributed by atoms with Crippen molar-refractivity contribution in [3.8, 4) is 0 Å². The fourth-order valence-electron chi connectivity index (χ4n) is 2.73. The van der Waals surface area contributed by atoms with E-state index < -0.39 is 4.92 Å². The summed E-state index contributed by atoms with van der Waals surface area (Å²) in [6.45, 7) is 0.405. The van der Waals surface area contributed by atoms with Gasteiger partial charge in [0.1, 0.15) is 0 Å². The minimum atomic E-state index is -0.520. The number of hydrogen-bond acceptors (Lipinski definition) is 4. The van der Waals surface area contributed by atoms with Crippen molar-refractivity contribution in [2.45, 2.75) is 31.7 Å². The molecule has 0 radical (unpaired) electrons. The summed E-state index contributed by atoms with van der Waals surface area (Å²) >= 11 is 12.4. The summed E-state index contributed by atoms with van der Waals surface area (Å²) in [5.41, 5.74) is 0.457. The molecule has 1 aromatic carbocycles. The van der Waals surface area contributed by atoms with Gasteiger partial charge in [0, 0.05) is 24.7 Å². The van der Waals surface area contributed by atoms with Crippen molar-refractivity contribution in [3.05, 3.63) is 32.3 Å². The normalized spacial score (nSPS) is 15.6. The number of aliphatic hydroxyl groups is 1. The Hall–Kier alpha value is -1.04. The Labute approximate surface area is 127 Å². The van der Waals surface area contributed by atoms with Crippen LogP contribution in [0, 0.1) is 10.1 Å². The second-order valence-electron chi connectivity index (χ2n) is 4.87. The van der Waals surface area contributed by atoms with Gasteiger partial charge in [-0.25, -0.2) is 0 Å². The molecule has 0 bridgehead atoms. The van der Waals surface area contributed by atoms with Gasteiger partial charge in [0.2, 0.25) is 0 Å². The molecule has 1 aromatic rings. The summed E-state index contributed by atoms with van der Waals surface area (Å²) in [7, 11) is 0. The number of nitro groups is 1. The average molecular weight is 319 g/mol. The maximum absolute atomic E-state index is 10.8. The predicted octanol–water partition coefficient (Wildman–Crippen LogP) is 3.64. The van der Waals surface area contributed by atoms with Crippen LogP contribution >= 0.6 is 23.2 Å². The molecule has 2 rings (SSSR count). The van der Waals surface area contributed by atoms with Crippen LogP contribution in [0.5, 0.6) is 0 Å². The Bertz CT molecular complexity index is 481. The molecule has 1 saturated carbocycles. The number of halogens is 2. The zero-order valence-electron chi connectivity index (χ0n) is 10.9. The van der Waals surface area contributed by atoms with Crippen LogP contribution in [0.15, 0.2) is 12.1 Å². The molecule has 0 aliphatic heterocycles. The van der Waals surface area contributed by atoms with Gasteiger partial charge in [0.05, 0.1) is 27.3 Å². The summed E-state index contributed by atoms with van der Waals surface area (Å²) in [6.07, 6.45) is 4.30. The van der Waals surface area contributed by atoms with E-state index in [0.29, 0.717) is 12.2 Å². The Morgan fingerprint density at radius 2 is 1.85 bits per heavy atom. The quantitative estimate of drug-likeness (QED) is 0.664. The molecule has 20 heavy (non-hydrogen) atoms. The summed E-state index contributed by atoms with van der Waals surface area (Å²) in [6, 6.07) is 2.89. The number of non-ortho nitro benzene ring substituents is 1. The van der Waals surface area contributed by atoms with Crippen molar-refractivity contribution in [3.63, 3.8) is 0 Å². The van der Waals surface area contributed by atoms with Crippen LogP contribution in [0.3, 0.4) is 0 Å². The molecule has 7 heteroatoms. The number of nitrogens with zero attached hydrogens (tertiary/aromatic N) is 2. The maximum Gasteiger partial charge on any atom is 0.272 e. The van der Waals surface area contributed by atoms with E-state index in [1.807, 2.05) is 4.90 Å². The van der Waals surface area contributed by atoms with Crippen molar-refractivity contribution in [2.75, 3.05) is 18.1 Å². The Morgan fingerprint density at radius 1 is 1.30 bits per heavy atom. The topological polar surface area (TPSA) is 66.6 Å². The van der Waals surface area contributed by atoms with Crippen molar-refractivity contribution >= 4 is 34.6 Å². The smallest absolute Gasteiger partial charge is 0.272 e. The lowest BCUT2D eigenvalue weighted by Gasteiger charge is -2.32. The third-order valence-corrected chi connectivity index (χ3v) is 4.18. The maximum atomic E-state index is 10.8. The Balaban J connectivity index is 2.39. The molecule has 0 atom stereocenters. The number of nitro benzene ring substituents is 1. The Morgan fingerprint density at radius 3 is 2.30 bits per heavy atom. The zero-order valence-corrected chi connectivity index (χ0v) is 12.4. The molecule has 1 aliphatic rings. The monoisotopic (exact) mass is 318 g/mol. The van der Waals surface area contributed by atoms with E-state index in [1.54, 1.807) is 0 Å². The van der Waals surface area contributed by atoms with E-state index >= 15 is 0 Å². The molecule has 1 fully saturated rings. The first kappa shape index (κ1) is 15.4. The SMILES string of the molecule is O=[N+]([O-])c1cc(Cl)c(N(CCO)C2CCCC2)c(Cl)c1. The van der Waals surface area contributed by atoms with Gasteiger partial charge in [-0.3, -0.25) is 10.1 Å². The lowest BCUT2D eigenvalue weighted by molar-refractivity contribution is -0.384. The van der Waals surface area contributed by atoms with Crippen molar-refractivity contribution in [1.29, 1.82) is 0 Å². The van der Waals surface area contributed by atoms with Crippen LogP contribution in [-0.4, -0.2) is 29.2 Å². The van der Waals surface area contributed by atoms with Crippen molar-refractivity contribution < 1.29 is 10.0 Å². The molecular weight excluding hydrogens is 303 g/mol. The zero-order chi connectivity index (χ0) is 14.7. The molecule has 0 heterocycles. The molecule has 0 aromatic heterocycles. The average Bonchev–Trinajstić information content (AvgIpc) is 2.90. The summed E-state index contributed by atoms with van der Waals surface area (Å²) in [4.78, 5) is 12.3. The van der Waals surface area contributed by atoms with Crippen LogP contribution in [0.2, 0.25) is 10.0 Å². The molecule has 1 N–H and O–H groups in total. The van der Waals surface area contributed by atoms with Crippen LogP contribution in [0.4, 0.5) is 11.4 Å². The van der Waals surface area contributed by atoms with Gasteiger partial charge < -0.3 is 10.0 Å². The highest BCUT2D eigenvalue weighted by molar-refractivity contribution is 6.39. The highest BCUT2D eigenvalue weighted by atomic mass is 35.5. The van der Waals surface area contributed by atoms with Crippen LogP contribution in [0.1, 0.15) is 25.7 Å². The minimum Gasteiger partial charge on any atom is -0.395 e. The lowest BCUT2D eigenvalue weighted by Crippen LogP contribution is -2.36. The molecule has 0 amide bonds. The van der Waals surface area contributed by atoms with Gasteiger partial charge in [-0.05, 0) is 12.8 Å². The van der Waals surface area contributed by atoms with E-state index in [-0.39, 0.29) is 28.4 Å². The van der Waals surface area contributed by atoms with Gasteiger partial charge in [0.25, 0.3) is 5.69 Å². The number of aliphatic hydroxyl groups excluding tert-OH is 1. The molecule has 0 spiro atoms. The largest absolute Gasteiger partial charge is 0.395 e. The van der Waals surface area contributed by atoms with Gasteiger partial charge in [0.15, 0.2) is 0 Å².